The number of aromatic nitrogens is 2. The van der Waals surface area contributed by atoms with Gasteiger partial charge in [0.05, 0.1) is 12.5 Å². The molecule has 2 aromatic rings. The van der Waals surface area contributed by atoms with Gasteiger partial charge in [0.1, 0.15) is 5.75 Å². The number of hydrogen-bond acceptors (Lipinski definition) is 5. The summed E-state index contributed by atoms with van der Waals surface area (Å²) in [6.07, 6.45) is 1.02. The molecule has 0 amide bonds. The number of nitrogens with zero attached hydrogens (tertiary/aromatic N) is 3. The van der Waals surface area contributed by atoms with Crippen molar-refractivity contribution in [1.29, 1.82) is 0 Å². The third-order valence-electron chi connectivity index (χ3n) is 3.92. The Morgan fingerprint density at radius 2 is 2.32 bits per heavy atom. The van der Waals surface area contributed by atoms with Crippen LogP contribution in [0.5, 0.6) is 5.75 Å². The van der Waals surface area contributed by atoms with Crippen LogP contribution in [-0.2, 0) is 6.54 Å². The minimum Gasteiger partial charge on any atom is -0.493 e. The van der Waals surface area contributed by atoms with E-state index in [0.29, 0.717) is 18.3 Å². The first-order chi connectivity index (χ1) is 10.7. The minimum atomic E-state index is 0.305. The van der Waals surface area contributed by atoms with Gasteiger partial charge in [-0.05, 0) is 38.9 Å². The topological polar surface area (TPSA) is 51.4 Å². The van der Waals surface area contributed by atoms with E-state index in [2.05, 4.69) is 15.0 Å². The Kier molecular flexibility index (Phi) is 4.64. The van der Waals surface area contributed by atoms with Crippen LogP contribution in [-0.4, -0.2) is 34.7 Å². The maximum absolute atomic E-state index is 6.35. The summed E-state index contributed by atoms with van der Waals surface area (Å²) in [7, 11) is 0. The van der Waals surface area contributed by atoms with Crippen molar-refractivity contribution in [2.45, 2.75) is 32.7 Å². The number of hydrogen-bond donors (Lipinski definition) is 0. The molecule has 0 N–H and O–H groups in total. The Balaban J connectivity index is 1.70. The van der Waals surface area contributed by atoms with Crippen molar-refractivity contribution in [2.75, 3.05) is 19.7 Å². The van der Waals surface area contributed by atoms with Crippen LogP contribution in [0.15, 0.2) is 22.7 Å². The highest BCUT2D eigenvalue weighted by atomic mass is 35.5. The summed E-state index contributed by atoms with van der Waals surface area (Å²) in [5, 5.41) is 4.63. The normalized spacial score (nSPS) is 18.8. The Hall–Kier alpha value is -1.59. The largest absolute Gasteiger partial charge is 0.493 e. The van der Waals surface area contributed by atoms with E-state index < -0.39 is 0 Å². The fourth-order valence-electron chi connectivity index (χ4n) is 2.86. The lowest BCUT2D eigenvalue weighted by atomic mass is 10.1. The molecule has 22 heavy (non-hydrogen) atoms. The van der Waals surface area contributed by atoms with E-state index in [1.54, 1.807) is 0 Å². The Morgan fingerprint density at radius 1 is 1.45 bits per heavy atom. The van der Waals surface area contributed by atoms with Crippen LogP contribution in [0.2, 0.25) is 5.02 Å². The summed E-state index contributed by atoms with van der Waals surface area (Å²) in [4.78, 5) is 6.70. The van der Waals surface area contributed by atoms with Gasteiger partial charge in [-0.2, -0.15) is 4.98 Å². The Bertz CT molecular complexity index is 644. The molecule has 5 nitrogen and oxygen atoms in total. The van der Waals surface area contributed by atoms with Crippen molar-refractivity contribution in [3.05, 3.63) is 40.5 Å². The van der Waals surface area contributed by atoms with Crippen LogP contribution in [0, 0.1) is 6.92 Å². The second-order valence-corrected chi connectivity index (χ2v) is 5.96. The monoisotopic (exact) mass is 321 g/mol. The maximum Gasteiger partial charge on any atom is 0.231 e. The standard InChI is InChI=1S/C16H20ClN3O2/c1-3-21-15-6-4-5-14(17)13(15)10-20-8-7-12(9-20)16-18-11(2)19-22-16/h4-6,12H,3,7-10H2,1-2H3/t12-/m0/s1. The molecular formula is C16H20ClN3O2. The first-order valence-corrected chi connectivity index (χ1v) is 7.98. The fraction of sp³-hybridized carbons (Fsp3) is 0.500. The molecular weight excluding hydrogens is 302 g/mol. The molecule has 118 valence electrons. The summed E-state index contributed by atoms with van der Waals surface area (Å²) in [5.41, 5.74) is 1.05. The van der Waals surface area contributed by atoms with E-state index in [1.807, 2.05) is 32.0 Å². The molecule has 3 rings (SSSR count). The molecule has 1 aromatic carbocycles. The van der Waals surface area contributed by atoms with Gasteiger partial charge in [0.15, 0.2) is 5.82 Å². The number of benzene rings is 1. The highest BCUT2D eigenvalue weighted by molar-refractivity contribution is 6.31. The summed E-state index contributed by atoms with van der Waals surface area (Å²) in [6, 6.07) is 5.80. The van der Waals surface area contributed by atoms with Crippen LogP contribution in [0.4, 0.5) is 0 Å². The zero-order valence-electron chi connectivity index (χ0n) is 12.9. The smallest absolute Gasteiger partial charge is 0.231 e. The number of rotatable bonds is 5. The van der Waals surface area contributed by atoms with Crippen molar-refractivity contribution >= 4 is 11.6 Å². The predicted octanol–water partition coefficient (Wildman–Crippen LogP) is 3.42. The van der Waals surface area contributed by atoms with Gasteiger partial charge in [-0.3, -0.25) is 4.90 Å². The maximum atomic E-state index is 6.35. The number of likely N-dealkylation sites (tertiary alicyclic amines) is 1. The first-order valence-electron chi connectivity index (χ1n) is 7.60. The molecule has 1 fully saturated rings. The second-order valence-electron chi connectivity index (χ2n) is 5.55. The SMILES string of the molecule is CCOc1cccc(Cl)c1CN1CC[C@H](c2nc(C)no2)C1. The van der Waals surface area contributed by atoms with E-state index in [4.69, 9.17) is 20.9 Å². The molecule has 1 saturated heterocycles. The number of aryl methyl sites for hydroxylation is 1. The summed E-state index contributed by atoms with van der Waals surface area (Å²) in [5.74, 6) is 2.61. The van der Waals surface area contributed by atoms with E-state index >= 15 is 0 Å². The molecule has 2 heterocycles. The van der Waals surface area contributed by atoms with Crippen LogP contribution in [0.25, 0.3) is 0 Å². The van der Waals surface area contributed by atoms with Crippen molar-refractivity contribution < 1.29 is 9.26 Å². The third kappa shape index (κ3) is 3.25. The van der Waals surface area contributed by atoms with Gasteiger partial charge in [-0.1, -0.05) is 22.8 Å². The van der Waals surface area contributed by atoms with E-state index in [0.717, 1.165) is 48.3 Å². The molecule has 1 atom stereocenters. The second kappa shape index (κ2) is 6.67. The quantitative estimate of drug-likeness (QED) is 0.844. The van der Waals surface area contributed by atoms with Gasteiger partial charge < -0.3 is 9.26 Å². The molecule has 0 bridgehead atoms. The van der Waals surface area contributed by atoms with Gasteiger partial charge in [0.25, 0.3) is 0 Å². The molecule has 6 heteroatoms. The van der Waals surface area contributed by atoms with Gasteiger partial charge in [0, 0.05) is 23.7 Å². The lowest BCUT2D eigenvalue weighted by molar-refractivity contribution is 0.294. The van der Waals surface area contributed by atoms with Crippen molar-refractivity contribution in [1.82, 2.24) is 15.0 Å². The molecule has 1 aliphatic heterocycles. The lowest BCUT2D eigenvalue weighted by Crippen LogP contribution is -2.20. The highest BCUT2D eigenvalue weighted by Gasteiger charge is 2.28. The summed E-state index contributed by atoms with van der Waals surface area (Å²) < 4.78 is 11.0. The van der Waals surface area contributed by atoms with Gasteiger partial charge in [0.2, 0.25) is 5.89 Å². The molecule has 0 radical (unpaired) electrons. The van der Waals surface area contributed by atoms with Crippen molar-refractivity contribution in [3.63, 3.8) is 0 Å². The number of ether oxygens (including phenoxy) is 1. The van der Waals surface area contributed by atoms with E-state index in [-0.39, 0.29) is 0 Å². The van der Waals surface area contributed by atoms with Gasteiger partial charge in [-0.25, -0.2) is 0 Å². The summed E-state index contributed by atoms with van der Waals surface area (Å²) >= 11 is 6.35. The zero-order valence-corrected chi connectivity index (χ0v) is 13.6. The molecule has 1 aliphatic rings. The van der Waals surface area contributed by atoms with Gasteiger partial charge in [-0.15, -0.1) is 0 Å². The molecule has 0 spiro atoms. The van der Waals surface area contributed by atoms with Gasteiger partial charge >= 0.3 is 0 Å². The summed E-state index contributed by atoms with van der Waals surface area (Å²) in [6.45, 7) is 7.13. The average Bonchev–Trinajstić information content (AvgIpc) is 3.12. The molecule has 1 aromatic heterocycles. The first kappa shape index (κ1) is 15.3. The third-order valence-corrected chi connectivity index (χ3v) is 4.28. The minimum absolute atomic E-state index is 0.305. The van der Waals surface area contributed by atoms with Crippen molar-refractivity contribution in [2.24, 2.45) is 0 Å². The van der Waals surface area contributed by atoms with Crippen LogP contribution >= 0.6 is 11.6 Å². The Labute approximate surface area is 135 Å². The van der Waals surface area contributed by atoms with Crippen LogP contribution < -0.4 is 4.74 Å². The van der Waals surface area contributed by atoms with Crippen LogP contribution in [0.3, 0.4) is 0 Å². The molecule has 0 aliphatic carbocycles. The zero-order chi connectivity index (χ0) is 15.5. The predicted molar refractivity (Wildman–Crippen MR) is 84.3 cm³/mol. The van der Waals surface area contributed by atoms with E-state index in [9.17, 15) is 0 Å². The molecule has 0 saturated carbocycles. The fourth-order valence-corrected chi connectivity index (χ4v) is 3.09. The molecule has 0 unspecified atom stereocenters. The highest BCUT2D eigenvalue weighted by Crippen LogP contribution is 2.32. The number of halogens is 1. The Morgan fingerprint density at radius 3 is 3.05 bits per heavy atom. The average molecular weight is 322 g/mol. The van der Waals surface area contributed by atoms with Crippen molar-refractivity contribution in [3.8, 4) is 5.75 Å². The van der Waals surface area contributed by atoms with E-state index in [1.165, 1.54) is 0 Å². The lowest BCUT2D eigenvalue weighted by Gasteiger charge is -2.19. The van der Waals surface area contributed by atoms with Crippen LogP contribution in [0.1, 0.15) is 36.5 Å².